The summed E-state index contributed by atoms with van der Waals surface area (Å²) >= 11 is 5.26. The van der Waals surface area contributed by atoms with E-state index < -0.39 is 0 Å². The van der Waals surface area contributed by atoms with Crippen LogP contribution in [0.25, 0.3) is 0 Å². The summed E-state index contributed by atoms with van der Waals surface area (Å²) in [7, 11) is 1.91. The van der Waals surface area contributed by atoms with E-state index >= 15 is 0 Å². The van der Waals surface area contributed by atoms with E-state index in [1.54, 1.807) is 11.3 Å². The van der Waals surface area contributed by atoms with E-state index in [4.69, 9.17) is 0 Å². The number of rotatable bonds is 5. The average molecular weight is 422 g/mol. The standard InChI is InChI=1S/C19H24BrN3OS/c1-14-21-17(13-25-14)12-23-9-7-15(8-10-23)19(24)22(2)11-16-5-3-4-6-18(16)20/h3-6,13,15H,7-12H2,1-2H3. The Kier molecular flexibility index (Phi) is 6.25. The molecular weight excluding hydrogens is 398 g/mol. The van der Waals surface area contributed by atoms with E-state index in [1.165, 1.54) is 0 Å². The van der Waals surface area contributed by atoms with Crippen molar-refractivity contribution < 1.29 is 4.79 Å². The second-order valence-corrected chi connectivity index (χ2v) is 8.61. The van der Waals surface area contributed by atoms with Gasteiger partial charge in [0.25, 0.3) is 0 Å². The first-order valence-electron chi connectivity index (χ1n) is 8.64. The summed E-state index contributed by atoms with van der Waals surface area (Å²) in [5, 5.41) is 3.26. The van der Waals surface area contributed by atoms with Gasteiger partial charge in [-0.3, -0.25) is 9.69 Å². The highest BCUT2D eigenvalue weighted by Gasteiger charge is 2.27. The molecule has 6 heteroatoms. The molecule has 0 atom stereocenters. The lowest BCUT2D eigenvalue weighted by molar-refractivity contribution is -0.136. The maximum atomic E-state index is 12.8. The number of aromatic nitrogens is 1. The molecular formula is C19H24BrN3OS. The van der Waals surface area contributed by atoms with Crippen molar-refractivity contribution in [1.82, 2.24) is 14.8 Å². The quantitative estimate of drug-likeness (QED) is 0.729. The Morgan fingerprint density at radius 1 is 1.36 bits per heavy atom. The summed E-state index contributed by atoms with van der Waals surface area (Å²) in [6, 6.07) is 8.09. The van der Waals surface area contributed by atoms with E-state index in [2.05, 4.69) is 37.3 Å². The Labute approximate surface area is 162 Å². The van der Waals surface area contributed by atoms with Crippen LogP contribution in [-0.2, 0) is 17.9 Å². The van der Waals surface area contributed by atoms with Crippen LogP contribution in [0.15, 0.2) is 34.1 Å². The molecule has 1 aromatic heterocycles. The smallest absolute Gasteiger partial charge is 0.225 e. The van der Waals surface area contributed by atoms with E-state index in [9.17, 15) is 4.79 Å². The molecule has 0 aliphatic carbocycles. The van der Waals surface area contributed by atoms with Gasteiger partial charge < -0.3 is 4.90 Å². The molecule has 0 spiro atoms. The zero-order chi connectivity index (χ0) is 17.8. The number of thiazole rings is 1. The SMILES string of the molecule is Cc1nc(CN2CCC(C(=O)N(C)Cc3ccccc3Br)CC2)cs1. The fourth-order valence-electron chi connectivity index (χ4n) is 3.32. The van der Waals surface area contributed by atoms with E-state index in [1.807, 2.05) is 37.1 Å². The van der Waals surface area contributed by atoms with Gasteiger partial charge in [0.2, 0.25) is 5.91 Å². The van der Waals surface area contributed by atoms with E-state index in [-0.39, 0.29) is 11.8 Å². The van der Waals surface area contributed by atoms with Gasteiger partial charge in [0.1, 0.15) is 0 Å². The van der Waals surface area contributed by atoms with Crippen LogP contribution in [0.4, 0.5) is 0 Å². The van der Waals surface area contributed by atoms with Gasteiger partial charge in [0.15, 0.2) is 0 Å². The van der Waals surface area contributed by atoms with Gasteiger partial charge in [-0.1, -0.05) is 34.1 Å². The summed E-state index contributed by atoms with van der Waals surface area (Å²) in [6.07, 6.45) is 1.87. The summed E-state index contributed by atoms with van der Waals surface area (Å²) in [4.78, 5) is 21.6. The molecule has 0 saturated carbocycles. The molecule has 25 heavy (non-hydrogen) atoms. The second-order valence-electron chi connectivity index (χ2n) is 6.69. The van der Waals surface area contributed by atoms with Crippen molar-refractivity contribution in [3.05, 3.63) is 50.4 Å². The molecule has 1 aliphatic heterocycles. The highest BCUT2D eigenvalue weighted by molar-refractivity contribution is 9.10. The largest absolute Gasteiger partial charge is 0.341 e. The third kappa shape index (κ3) is 4.90. The first kappa shape index (κ1) is 18.5. The Morgan fingerprint density at radius 3 is 2.72 bits per heavy atom. The molecule has 0 N–H and O–H groups in total. The number of benzene rings is 1. The van der Waals surface area contributed by atoms with Crippen molar-refractivity contribution in [2.24, 2.45) is 5.92 Å². The number of hydrogen-bond donors (Lipinski definition) is 0. The fraction of sp³-hybridized carbons (Fsp3) is 0.474. The summed E-state index contributed by atoms with van der Waals surface area (Å²) < 4.78 is 1.06. The third-order valence-electron chi connectivity index (χ3n) is 4.73. The molecule has 0 radical (unpaired) electrons. The third-order valence-corrected chi connectivity index (χ3v) is 6.33. The molecule has 134 valence electrons. The number of nitrogens with zero attached hydrogens (tertiary/aromatic N) is 3. The number of carbonyl (C=O) groups is 1. The van der Waals surface area contributed by atoms with Gasteiger partial charge in [-0.05, 0) is 44.5 Å². The lowest BCUT2D eigenvalue weighted by atomic mass is 9.95. The van der Waals surface area contributed by atoms with Crippen molar-refractivity contribution in [1.29, 1.82) is 0 Å². The van der Waals surface area contributed by atoms with Gasteiger partial charge in [-0.2, -0.15) is 0 Å². The van der Waals surface area contributed by atoms with Crippen molar-refractivity contribution in [3.63, 3.8) is 0 Å². The second kappa shape index (κ2) is 8.43. The van der Waals surface area contributed by atoms with Gasteiger partial charge >= 0.3 is 0 Å². The minimum atomic E-state index is 0.140. The van der Waals surface area contributed by atoms with Gasteiger partial charge in [0, 0.05) is 35.9 Å². The lowest BCUT2D eigenvalue weighted by Crippen LogP contribution is -2.40. The van der Waals surface area contributed by atoms with Crippen molar-refractivity contribution >= 4 is 33.2 Å². The minimum Gasteiger partial charge on any atom is -0.341 e. The van der Waals surface area contributed by atoms with Gasteiger partial charge in [0.05, 0.1) is 10.7 Å². The predicted molar refractivity (Wildman–Crippen MR) is 105 cm³/mol. The molecule has 1 amide bonds. The van der Waals surface area contributed by atoms with E-state index in [0.29, 0.717) is 6.54 Å². The number of likely N-dealkylation sites (tertiary alicyclic amines) is 1. The van der Waals surface area contributed by atoms with Crippen LogP contribution in [0.3, 0.4) is 0 Å². The zero-order valence-electron chi connectivity index (χ0n) is 14.7. The molecule has 0 unspecified atom stereocenters. The Morgan fingerprint density at radius 2 is 2.08 bits per heavy atom. The number of aryl methyl sites for hydroxylation is 1. The average Bonchev–Trinajstić information content (AvgIpc) is 3.02. The summed E-state index contributed by atoms with van der Waals surface area (Å²) in [6.45, 7) is 5.53. The molecule has 2 heterocycles. The van der Waals surface area contributed by atoms with Crippen molar-refractivity contribution in [2.75, 3.05) is 20.1 Å². The van der Waals surface area contributed by atoms with Crippen molar-refractivity contribution in [2.45, 2.75) is 32.9 Å². The summed E-state index contributed by atoms with van der Waals surface area (Å²) in [5.74, 6) is 0.404. The highest BCUT2D eigenvalue weighted by atomic mass is 79.9. The number of carbonyl (C=O) groups excluding carboxylic acids is 1. The van der Waals surface area contributed by atoms with Crippen LogP contribution >= 0.6 is 27.3 Å². The molecule has 4 nitrogen and oxygen atoms in total. The van der Waals surface area contributed by atoms with Crippen LogP contribution in [0.5, 0.6) is 0 Å². The monoisotopic (exact) mass is 421 g/mol. The van der Waals surface area contributed by atoms with Crippen LogP contribution in [0.2, 0.25) is 0 Å². The first-order valence-corrected chi connectivity index (χ1v) is 10.3. The maximum absolute atomic E-state index is 12.8. The summed E-state index contributed by atoms with van der Waals surface area (Å²) in [5.41, 5.74) is 2.30. The Hall–Kier alpha value is -1.24. The van der Waals surface area contributed by atoms with Crippen LogP contribution in [0.1, 0.15) is 29.1 Å². The van der Waals surface area contributed by atoms with Crippen LogP contribution < -0.4 is 0 Å². The molecule has 1 saturated heterocycles. The number of halogens is 1. The van der Waals surface area contributed by atoms with Crippen LogP contribution in [-0.4, -0.2) is 40.8 Å². The Balaban J connectivity index is 1.50. The number of hydrogen-bond acceptors (Lipinski definition) is 4. The molecule has 1 aliphatic rings. The maximum Gasteiger partial charge on any atom is 0.225 e. The van der Waals surface area contributed by atoms with E-state index in [0.717, 1.165) is 53.2 Å². The minimum absolute atomic E-state index is 0.140. The molecule has 3 rings (SSSR count). The molecule has 2 aromatic rings. The molecule has 1 aromatic carbocycles. The van der Waals surface area contributed by atoms with Gasteiger partial charge in [-0.15, -0.1) is 11.3 Å². The predicted octanol–water partition coefficient (Wildman–Crippen LogP) is 4.08. The van der Waals surface area contributed by atoms with Gasteiger partial charge in [-0.25, -0.2) is 4.98 Å². The first-order chi connectivity index (χ1) is 12.0. The van der Waals surface area contributed by atoms with Crippen molar-refractivity contribution in [3.8, 4) is 0 Å². The Bertz CT molecular complexity index is 725. The number of piperidine rings is 1. The highest BCUT2D eigenvalue weighted by Crippen LogP contribution is 2.23. The fourth-order valence-corrected chi connectivity index (χ4v) is 4.33. The van der Waals surface area contributed by atoms with Crippen LogP contribution in [0, 0.1) is 12.8 Å². The number of amides is 1. The molecule has 1 fully saturated rings. The zero-order valence-corrected chi connectivity index (χ0v) is 17.1. The topological polar surface area (TPSA) is 36.4 Å². The lowest BCUT2D eigenvalue weighted by Gasteiger charge is -2.33. The molecule has 0 bridgehead atoms. The normalized spacial score (nSPS) is 16.1.